The molecule has 0 fully saturated rings. The van der Waals surface area contributed by atoms with Gasteiger partial charge in [0.05, 0.1) is 0 Å². The summed E-state index contributed by atoms with van der Waals surface area (Å²) in [5.41, 5.74) is 9.98. The number of benzene rings is 1. The topological polar surface area (TPSA) is 38.9 Å². The van der Waals surface area contributed by atoms with Crippen molar-refractivity contribution in [3.8, 4) is 11.1 Å². The van der Waals surface area contributed by atoms with Gasteiger partial charge in [0.2, 0.25) is 0 Å². The van der Waals surface area contributed by atoms with E-state index >= 15 is 0 Å². The molecule has 1 heterocycles. The number of allylic oxidation sites excluding steroid dienone is 1. The van der Waals surface area contributed by atoms with Crippen LogP contribution in [-0.2, 0) is 0 Å². The first-order valence-corrected chi connectivity index (χ1v) is 5.14. The van der Waals surface area contributed by atoms with Gasteiger partial charge in [0, 0.05) is 11.8 Å². The average Bonchev–Trinajstić information content (AvgIpc) is 2.30. The molecule has 1 aromatic carbocycles. The van der Waals surface area contributed by atoms with Gasteiger partial charge in [-0.2, -0.15) is 0 Å². The first-order chi connectivity index (χ1) is 7.66. The quantitative estimate of drug-likeness (QED) is 0.825. The Balaban J connectivity index is 2.34. The fourth-order valence-corrected chi connectivity index (χ4v) is 1.52. The standard InChI is InChI=1S/C14H14N2/c1-10(2)11-3-5-12(6-4-11)13-7-8-14(15)16-9-13/h3-9H,1H2,2H3,(H2,15,16). The third-order valence-corrected chi connectivity index (χ3v) is 2.50. The van der Waals surface area contributed by atoms with Crippen molar-refractivity contribution < 1.29 is 0 Å². The van der Waals surface area contributed by atoms with Crippen LogP contribution in [0.5, 0.6) is 0 Å². The molecule has 0 unspecified atom stereocenters. The average molecular weight is 210 g/mol. The van der Waals surface area contributed by atoms with Crippen molar-refractivity contribution in [2.45, 2.75) is 6.92 Å². The Morgan fingerprint density at radius 3 is 2.19 bits per heavy atom. The molecule has 0 bridgehead atoms. The molecule has 2 rings (SSSR count). The number of anilines is 1. The third-order valence-electron chi connectivity index (χ3n) is 2.50. The summed E-state index contributed by atoms with van der Waals surface area (Å²) < 4.78 is 0. The van der Waals surface area contributed by atoms with E-state index in [-0.39, 0.29) is 0 Å². The van der Waals surface area contributed by atoms with Gasteiger partial charge < -0.3 is 5.73 Å². The number of aromatic nitrogens is 1. The maximum atomic E-state index is 5.55. The van der Waals surface area contributed by atoms with Crippen LogP contribution in [0.25, 0.3) is 16.7 Å². The van der Waals surface area contributed by atoms with Gasteiger partial charge in [0.1, 0.15) is 5.82 Å². The third kappa shape index (κ3) is 2.11. The van der Waals surface area contributed by atoms with Gasteiger partial charge >= 0.3 is 0 Å². The minimum absolute atomic E-state index is 0.544. The predicted molar refractivity (Wildman–Crippen MR) is 68.8 cm³/mol. The van der Waals surface area contributed by atoms with E-state index < -0.39 is 0 Å². The summed E-state index contributed by atoms with van der Waals surface area (Å²) in [7, 11) is 0. The van der Waals surface area contributed by atoms with Gasteiger partial charge in [0.25, 0.3) is 0 Å². The molecule has 2 aromatic rings. The molecule has 0 aliphatic rings. The van der Waals surface area contributed by atoms with E-state index in [9.17, 15) is 0 Å². The molecular weight excluding hydrogens is 196 g/mol. The van der Waals surface area contributed by atoms with Gasteiger partial charge in [0.15, 0.2) is 0 Å². The van der Waals surface area contributed by atoms with Gasteiger partial charge in [-0.15, -0.1) is 0 Å². The zero-order valence-corrected chi connectivity index (χ0v) is 9.27. The Labute approximate surface area is 95.5 Å². The summed E-state index contributed by atoms with van der Waals surface area (Å²) in [6, 6.07) is 12.0. The van der Waals surface area contributed by atoms with E-state index in [1.165, 1.54) is 0 Å². The predicted octanol–water partition coefficient (Wildman–Crippen LogP) is 3.36. The molecule has 80 valence electrons. The number of pyridine rings is 1. The molecule has 0 aliphatic heterocycles. The molecule has 0 amide bonds. The fraction of sp³-hybridized carbons (Fsp3) is 0.0714. The van der Waals surface area contributed by atoms with Gasteiger partial charge in [-0.1, -0.05) is 36.4 Å². The lowest BCUT2D eigenvalue weighted by atomic mass is 10.0. The molecular formula is C14H14N2. The molecule has 2 N–H and O–H groups in total. The molecule has 16 heavy (non-hydrogen) atoms. The normalized spacial score (nSPS) is 10.1. The zero-order chi connectivity index (χ0) is 11.5. The van der Waals surface area contributed by atoms with Crippen molar-refractivity contribution in [3.63, 3.8) is 0 Å². The van der Waals surface area contributed by atoms with Gasteiger partial charge in [-0.3, -0.25) is 0 Å². The second kappa shape index (κ2) is 4.19. The van der Waals surface area contributed by atoms with Crippen molar-refractivity contribution in [2.24, 2.45) is 0 Å². The molecule has 0 radical (unpaired) electrons. The molecule has 0 atom stereocenters. The summed E-state index contributed by atoms with van der Waals surface area (Å²) in [5, 5.41) is 0. The Hall–Kier alpha value is -2.09. The van der Waals surface area contributed by atoms with Crippen LogP contribution in [0.4, 0.5) is 5.82 Å². The van der Waals surface area contributed by atoms with Gasteiger partial charge in [-0.25, -0.2) is 4.98 Å². The van der Waals surface area contributed by atoms with Crippen LogP contribution in [0.3, 0.4) is 0 Å². The summed E-state index contributed by atoms with van der Waals surface area (Å²) >= 11 is 0. The van der Waals surface area contributed by atoms with E-state index in [0.29, 0.717) is 5.82 Å². The molecule has 0 saturated heterocycles. The van der Waals surface area contributed by atoms with Crippen molar-refractivity contribution in [2.75, 3.05) is 5.73 Å². The maximum absolute atomic E-state index is 5.55. The van der Waals surface area contributed by atoms with Gasteiger partial charge in [-0.05, 0) is 30.2 Å². The second-order valence-corrected chi connectivity index (χ2v) is 3.83. The van der Waals surface area contributed by atoms with E-state index in [4.69, 9.17) is 5.73 Å². The van der Waals surface area contributed by atoms with E-state index in [1.54, 1.807) is 6.20 Å². The highest BCUT2D eigenvalue weighted by Crippen LogP contribution is 2.21. The Morgan fingerprint density at radius 2 is 1.69 bits per heavy atom. The summed E-state index contributed by atoms with van der Waals surface area (Å²) in [4.78, 5) is 4.07. The van der Waals surface area contributed by atoms with Crippen LogP contribution in [0.15, 0.2) is 49.2 Å². The van der Waals surface area contributed by atoms with Crippen LogP contribution in [0, 0.1) is 0 Å². The molecule has 0 saturated carbocycles. The Bertz CT molecular complexity index is 495. The number of nitrogen functional groups attached to an aromatic ring is 1. The molecule has 2 nitrogen and oxygen atoms in total. The van der Waals surface area contributed by atoms with Crippen molar-refractivity contribution in [3.05, 3.63) is 54.7 Å². The number of hydrogen-bond donors (Lipinski definition) is 1. The number of nitrogens with two attached hydrogens (primary N) is 1. The van der Waals surface area contributed by atoms with Crippen molar-refractivity contribution in [1.82, 2.24) is 4.98 Å². The minimum atomic E-state index is 0.544. The highest BCUT2D eigenvalue weighted by molar-refractivity contribution is 5.68. The lowest BCUT2D eigenvalue weighted by Gasteiger charge is -2.04. The first-order valence-electron chi connectivity index (χ1n) is 5.14. The number of nitrogens with zero attached hydrogens (tertiary/aromatic N) is 1. The summed E-state index contributed by atoms with van der Waals surface area (Å²) in [6.45, 7) is 5.91. The van der Waals surface area contributed by atoms with Crippen LogP contribution in [0.2, 0.25) is 0 Å². The van der Waals surface area contributed by atoms with E-state index in [0.717, 1.165) is 22.3 Å². The largest absolute Gasteiger partial charge is 0.384 e. The lowest BCUT2D eigenvalue weighted by Crippen LogP contribution is -1.89. The molecule has 2 heteroatoms. The smallest absolute Gasteiger partial charge is 0.123 e. The van der Waals surface area contributed by atoms with Crippen LogP contribution in [0.1, 0.15) is 12.5 Å². The van der Waals surface area contributed by atoms with Crippen LogP contribution in [-0.4, -0.2) is 4.98 Å². The van der Waals surface area contributed by atoms with E-state index in [2.05, 4.69) is 35.8 Å². The highest BCUT2D eigenvalue weighted by atomic mass is 14.8. The monoisotopic (exact) mass is 210 g/mol. The van der Waals surface area contributed by atoms with E-state index in [1.807, 2.05) is 19.1 Å². The first kappa shape index (κ1) is 10.4. The molecule has 0 aliphatic carbocycles. The Kier molecular flexibility index (Phi) is 2.73. The summed E-state index contributed by atoms with van der Waals surface area (Å²) in [5.74, 6) is 0.544. The number of hydrogen-bond acceptors (Lipinski definition) is 2. The van der Waals surface area contributed by atoms with Crippen LogP contribution < -0.4 is 5.73 Å². The van der Waals surface area contributed by atoms with Crippen LogP contribution >= 0.6 is 0 Å². The zero-order valence-electron chi connectivity index (χ0n) is 9.27. The highest BCUT2D eigenvalue weighted by Gasteiger charge is 1.98. The minimum Gasteiger partial charge on any atom is -0.384 e. The Morgan fingerprint density at radius 1 is 1.06 bits per heavy atom. The maximum Gasteiger partial charge on any atom is 0.123 e. The second-order valence-electron chi connectivity index (χ2n) is 3.83. The molecule has 0 spiro atoms. The van der Waals surface area contributed by atoms with Crippen molar-refractivity contribution in [1.29, 1.82) is 0 Å². The lowest BCUT2D eigenvalue weighted by molar-refractivity contribution is 1.34. The molecule has 1 aromatic heterocycles. The van der Waals surface area contributed by atoms with Crippen molar-refractivity contribution >= 4 is 11.4 Å². The SMILES string of the molecule is C=C(C)c1ccc(-c2ccc(N)nc2)cc1. The number of rotatable bonds is 2. The fourth-order valence-electron chi connectivity index (χ4n) is 1.52. The summed E-state index contributed by atoms with van der Waals surface area (Å²) in [6.07, 6.45) is 1.78.